The molecule has 4 heterocycles. The fourth-order valence-electron chi connectivity index (χ4n) is 4.43. The topological polar surface area (TPSA) is 54.7 Å². The number of hydrogen-bond acceptors (Lipinski definition) is 3. The largest absolute Gasteiger partial charge is 0.348 e. The number of fused-ring (bicyclic) bond motifs is 2. The van der Waals surface area contributed by atoms with Crippen molar-refractivity contribution in [3.05, 3.63) is 71.2 Å². The van der Waals surface area contributed by atoms with E-state index in [1.165, 1.54) is 33.4 Å². The first-order valence-electron chi connectivity index (χ1n) is 9.98. The Kier molecular flexibility index (Phi) is 4.09. The van der Waals surface area contributed by atoms with Crippen molar-refractivity contribution in [3.63, 3.8) is 0 Å². The lowest BCUT2D eigenvalue weighted by Crippen LogP contribution is -2.36. The summed E-state index contributed by atoms with van der Waals surface area (Å²) in [6.07, 6.45) is 7.01. The van der Waals surface area contributed by atoms with E-state index >= 15 is 0 Å². The first-order valence-corrected chi connectivity index (χ1v) is 9.98. The van der Waals surface area contributed by atoms with Crippen LogP contribution in [0.1, 0.15) is 41.2 Å². The van der Waals surface area contributed by atoms with Crippen molar-refractivity contribution in [2.45, 2.75) is 39.4 Å². The highest BCUT2D eigenvalue weighted by Crippen LogP contribution is 2.36. The van der Waals surface area contributed by atoms with E-state index in [9.17, 15) is 0 Å². The summed E-state index contributed by atoms with van der Waals surface area (Å²) >= 11 is 0. The van der Waals surface area contributed by atoms with Crippen LogP contribution < -0.4 is 0 Å². The molecule has 0 spiro atoms. The normalized spacial score (nSPS) is 17.3. The number of imidazole rings is 1. The summed E-state index contributed by atoms with van der Waals surface area (Å²) in [5.74, 6) is 0. The fraction of sp³-hybridized carbons (Fsp3) is 0.364. The molecule has 1 N–H and O–H groups in total. The van der Waals surface area contributed by atoms with Gasteiger partial charge in [-0.05, 0) is 36.9 Å². The SMILES string of the molecule is CCn1ccc2ccc([C@@H]3c4nc[nH]c4CCN3Cc3cnn(C)c3C)cc21. The van der Waals surface area contributed by atoms with Crippen molar-refractivity contribution in [3.8, 4) is 0 Å². The van der Waals surface area contributed by atoms with E-state index in [1.54, 1.807) is 0 Å². The lowest BCUT2D eigenvalue weighted by molar-refractivity contribution is 0.200. The molecule has 0 unspecified atom stereocenters. The number of aromatic amines is 1. The van der Waals surface area contributed by atoms with Crippen molar-refractivity contribution in [1.82, 2.24) is 29.2 Å². The minimum atomic E-state index is 0.152. The smallest absolute Gasteiger partial charge is 0.0926 e. The van der Waals surface area contributed by atoms with E-state index in [4.69, 9.17) is 4.98 Å². The molecule has 6 nitrogen and oxygen atoms in total. The van der Waals surface area contributed by atoms with Gasteiger partial charge >= 0.3 is 0 Å². The van der Waals surface area contributed by atoms with Gasteiger partial charge < -0.3 is 9.55 Å². The van der Waals surface area contributed by atoms with Gasteiger partial charge in [-0.25, -0.2) is 4.98 Å². The van der Waals surface area contributed by atoms with Crippen LogP contribution in [0.25, 0.3) is 10.9 Å². The summed E-state index contributed by atoms with van der Waals surface area (Å²) in [4.78, 5) is 10.6. The van der Waals surface area contributed by atoms with Crippen LogP contribution in [0.3, 0.4) is 0 Å². The van der Waals surface area contributed by atoms with Gasteiger partial charge in [0.2, 0.25) is 0 Å². The number of rotatable bonds is 4. The van der Waals surface area contributed by atoms with Crippen LogP contribution in [0.5, 0.6) is 0 Å². The molecule has 1 atom stereocenters. The second-order valence-corrected chi connectivity index (χ2v) is 7.69. The van der Waals surface area contributed by atoms with E-state index in [-0.39, 0.29) is 6.04 Å². The molecule has 5 rings (SSSR count). The lowest BCUT2D eigenvalue weighted by atomic mass is 9.94. The fourth-order valence-corrected chi connectivity index (χ4v) is 4.43. The van der Waals surface area contributed by atoms with Crippen molar-refractivity contribution in [1.29, 1.82) is 0 Å². The predicted molar refractivity (Wildman–Crippen MR) is 110 cm³/mol. The monoisotopic (exact) mass is 374 g/mol. The van der Waals surface area contributed by atoms with Crippen LogP contribution >= 0.6 is 0 Å². The first-order chi connectivity index (χ1) is 13.7. The third-order valence-electron chi connectivity index (χ3n) is 6.19. The Morgan fingerprint density at radius 2 is 2.14 bits per heavy atom. The predicted octanol–water partition coefficient (Wildman–Crippen LogP) is 3.57. The Labute approximate surface area is 164 Å². The van der Waals surface area contributed by atoms with Gasteiger partial charge in [-0.3, -0.25) is 9.58 Å². The minimum Gasteiger partial charge on any atom is -0.348 e. The number of aryl methyl sites for hydroxylation is 2. The van der Waals surface area contributed by atoms with Crippen LogP contribution in [0, 0.1) is 6.92 Å². The maximum absolute atomic E-state index is 4.72. The molecule has 1 aromatic carbocycles. The summed E-state index contributed by atoms with van der Waals surface area (Å²) in [5.41, 5.74) is 7.51. The zero-order chi connectivity index (χ0) is 19.3. The zero-order valence-electron chi connectivity index (χ0n) is 16.7. The van der Waals surface area contributed by atoms with E-state index in [1.807, 2.05) is 24.3 Å². The van der Waals surface area contributed by atoms with Gasteiger partial charge in [0.05, 0.1) is 24.3 Å². The van der Waals surface area contributed by atoms with Gasteiger partial charge in [-0.1, -0.05) is 12.1 Å². The zero-order valence-corrected chi connectivity index (χ0v) is 16.7. The molecule has 4 aromatic rings. The molecule has 3 aromatic heterocycles. The highest BCUT2D eigenvalue weighted by atomic mass is 15.3. The Balaban J connectivity index is 1.59. The first kappa shape index (κ1) is 17.3. The molecular weight excluding hydrogens is 348 g/mol. The molecule has 0 saturated heterocycles. The number of aromatic nitrogens is 5. The summed E-state index contributed by atoms with van der Waals surface area (Å²) in [6, 6.07) is 9.20. The van der Waals surface area contributed by atoms with Crippen LogP contribution in [0.4, 0.5) is 0 Å². The van der Waals surface area contributed by atoms with Crippen LogP contribution in [0.15, 0.2) is 43.0 Å². The molecule has 6 heteroatoms. The molecule has 0 aliphatic carbocycles. The number of nitrogens with one attached hydrogen (secondary N) is 1. The molecule has 0 amide bonds. The minimum absolute atomic E-state index is 0.152. The molecule has 28 heavy (non-hydrogen) atoms. The van der Waals surface area contributed by atoms with Crippen LogP contribution in [-0.4, -0.2) is 35.8 Å². The maximum atomic E-state index is 4.72. The van der Waals surface area contributed by atoms with Gasteiger partial charge in [0.25, 0.3) is 0 Å². The summed E-state index contributed by atoms with van der Waals surface area (Å²) in [7, 11) is 2.01. The van der Waals surface area contributed by atoms with Gasteiger partial charge in [-0.2, -0.15) is 5.10 Å². The van der Waals surface area contributed by atoms with Gasteiger partial charge in [0.15, 0.2) is 0 Å². The molecule has 0 fully saturated rings. The van der Waals surface area contributed by atoms with E-state index in [2.05, 4.69) is 63.9 Å². The van der Waals surface area contributed by atoms with Gasteiger partial charge in [0, 0.05) is 61.8 Å². The van der Waals surface area contributed by atoms with Crippen LogP contribution in [-0.2, 0) is 26.6 Å². The second kappa shape index (κ2) is 6.63. The molecule has 0 bridgehead atoms. The van der Waals surface area contributed by atoms with Crippen molar-refractivity contribution in [2.24, 2.45) is 7.05 Å². The van der Waals surface area contributed by atoms with Gasteiger partial charge in [0.1, 0.15) is 0 Å². The number of hydrogen-bond donors (Lipinski definition) is 1. The standard InChI is InChI=1S/C22H26N6/c1-4-27-9-7-16-5-6-17(11-20(16)27)22-21-19(23-14-24-21)8-10-28(22)13-18-12-25-26(3)15(18)2/h5-7,9,11-12,14,22H,4,8,10,13H2,1-3H3,(H,23,24)/t22-/m1/s1. The quantitative estimate of drug-likeness (QED) is 0.594. The molecule has 1 aliphatic rings. The van der Waals surface area contributed by atoms with E-state index in [0.29, 0.717) is 0 Å². The Bertz CT molecular complexity index is 1130. The third-order valence-corrected chi connectivity index (χ3v) is 6.19. The summed E-state index contributed by atoms with van der Waals surface area (Å²) < 4.78 is 4.26. The van der Waals surface area contributed by atoms with E-state index in [0.717, 1.165) is 31.7 Å². The van der Waals surface area contributed by atoms with Crippen LogP contribution in [0.2, 0.25) is 0 Å². The van der Waals surface area contributed by atoms with E-state index < -0.39 is 0 Å². The molecule has 0 saturated carbocycles. The van der Waals surface area contributed by atoms with Crippen molar-refractivity contribution in [2.75, 3.05) is 6.54 Å². The van der Waals surface area contributed by atoms with Crippen molar-refractivity contribution >= 4 is 10.9 Å². The molecular formula is C22H26N6. The molecule has 144 valence electrons. The summed E-state index contributed by atoms with van der Waals surface area (Å²) in [5, 5.41) is 5.73. The highest BCUT2D eigenvalue weighted by Gasteiger charge is 2.31. The Hall–Kier alpha value is -2.86. The average Bonchev–Trinajstić information content (AvgIpc) is 3.42. The maximum Gasteiger partial charge on any atom is 0.0926 e. The number of nitrogens with zero attached hydrogens (tertiary/aromatic N) is 5. The van der Waals surface area contributed by atoms with Crippen molar-refractivity contribution < 1.29 is 0 Å². The summed E-state index contributed by atoms with van der Waals surface area (Å²) in [6.45, 7) is 7.19. The number of H-pyrrole nitrogens is 1. The molecule has 0 radical (unpaired) electrons. The second-order valence-electron chi connectivity index (χ2n) is 7.69. The van der Waals surface area contributed by atoms with Gasteiger partial charge in [-0.15, -0.1) is 0 Å². The Morgan fingerprint density at radius 1 is 1.25 bits per heavy atom. The Morgan fingerprint density at radius 3 is 2.93 bits per heavy atom. The lowest BCUT2D eigenvalue weighted by Gasteiger charge is -2.35. The molecule has 1 aliphatic heterocycles. The number of benzene rings is 1. The average molecular weight is 374 g/mol. The highest BCUT2D eigenvalue weighted by molar-refractivity contribution is 5.81. The third kappa shape index (κ3) is 2.67.